The van der Waals surface area contributed by atoms with Crippen molar-refractivity contribution in [2.45, 2.75) is 51.5 Å². The smallest absolute Gasteiger partial charge is 0.254 e. The number of rotatable bonds is 4. The minimum Gasteiger partial charge on any atom is -0.387 e. The van der Waals surface area contributed by atoms with Crippen molar-refractivity contribution in [1.29, 1.82) is 0 Å². The van der Waals surface area contributed by atoms with E-state index in [1.807, 2.05) is 25.1 Å². The average molecular weight is 320 g/mol. The highest BCUT2D eigenvalue weighted by Crippen LogP contribution is 2.18. The molecule has 5 nitrogen and oxygen atoms in total. The van der Waals surface area contributed by atoms with Crippen molar-refractivity contribution in [2.24, 2.45) is 0 Å². The number of carbonyl (C=O) groups is 1. The van der Waals surface area contributed by atoms with E-state index in [9.17, 15) is 15.0 Å². The van der Waals surface area contributed by atoms with Crippen LogP contribution >= 0.6 is 0 Å². The fraction of sp³-hybridized carbons (Fsp3) is 0.611. The molecule has 0 spiro atoms. The first-order valence-corrected chi connectivity index (χ1v) is 8.26. The molecule has 1 aromatic carbocycles. The minimum atomic E-state index is -1.42. The third-order valence-corrected chi connectivity index (χ3v) is 4.36. The lowest BCUT2D eigenvalue weighted by Gasteiger charge is -2.33. The number of aliphatic hydroxyl groups is 2. The lowest BCUT2D eigenvalue weighted by atomic mass is 10.00. The quantitative estimate of drug-likeness (QED) is 0.876. The summed E-state index contributed by atoms with van der Waals surface area (Å²) in [6, 6.07) is 10.3. The summed E-state index contributed by atoms with van der Waals surface area (Å²) in [5.41, 5.74) is -0.164. The van der Waals surface area contributed by atoms with Gasteiger partial charge in [0.1, 0.15) is 0 Å². The summed E-state index contributed by atoms with van der Waals surface area (Å²) in [6.07, 6.45) is -0.521. The largest absolute Gasteiger partial charge is 0.387 e. The molecule has 1 aromatic rings. The van der Waals surface area contributed by atoms with Gasteiger partial charge in [-0.15, -0.1) is 0 Å². The lowest BCUT2D eigenvalue weighted by Crippen LogP contribution is -2.53. The number of aliphatic hydroxyl groups excluding tert-OH is 1. The Labute approximate surface area is 138 Å². The summed E-state index contributed by atoms with van der Waals surface area (Å²) in [7, 11) is 0. The van der Waals surface area contributed by atoms with Gasteiger partial charge in [0.25, 0.3) is 5.91 Å². The van der Waals surface area contributed by atoms with Gasteiger partial charge in [-0.2, -0.15) is 0 Å². The summed E-state index contributed by atoms with van der Waals surface area (Å²) in [5.74, 6) is -0.383. The maximum Gasteiger partial charge on any atom is 0.254 e. The Morgan fingerprint density at radius 1 is 1.30 bits per heavy atom. The van der Waals surface area contributed by atoms with Crippen LogP contribution in [0.5, 0.6) is 0 Å². The van der Waals surface area contributed by atoms with Gasteiger partial charge in [0.2, 0.25) is 0 Å². The number of benzene rings is 1. The minimum absolute atomic E-state index is 0.00529. The molecule has 2 atom stereocenters. The van der Waals surface area contributed by atoms with Crippen molar-refractivity contribution in [3.05, 3.63) is 35.9 Å². The molecule has 1 aliphatic heterocycles. The second kappa shape index (κ2) is 7.43. The Balaban J connectivity index is 2.00. The van der Waals surface area contributed by atoms with Crippen molar-refractivity contribution in [2.75, 3.05) is 19.6 Å². The molecule has 1 amide bonds. The first kappa shape index (κ1) is 17.9. The van der Waals surface area contributed by atoms with E-state index in [4.69, 9.17) is 0 Å². The van der Waals surface area contributed by atoms with E-state index in [1.165, 1.54) is 19.4 Å². The first-order chi connectivity index (χ1) is 10.8. The van der Waals surface area contributed by atoms with Gasteiger partial charge in [-0.25, -0.2) is 0 Å². The molecule has 0 aliphatic carbocycles. The van der Waals surface area contributed by atoms with Crippen LogP contribution in [0, 0.1) is 0 Å². The monoisotopic (exact) mass is 320 g/mol. The second-order valence-corrected chi connectivity index (χ2v) is 7.01. The zero-order valence-electron chi connectivity index (χ0n) is 14.3. The molecule has 0 aromatic heterocycles. The maximum atomic E-state index is 12.5. The Kier molecular flexibility index (Phi) is 5.79. The molecule has 1 fully saturated rings. The third-order valence-electron chi connectivity index (χ3n) is 4.36. The van der Waals surface area contributed by atoms with E-state index < -0.39 is 11.7 Å². The van der Waals surface area contributed by atoms with Crippen molar-refractivity contribution < 1.29 is 15.0 Å². The van der Waals surface area contributed by atoms with Crippen molar-refractivity contribution in [3.63, 3.8) is 0 Å². The second-order valence-electron chi connectivity index (χ2n) is 7.01. The van der Waals surface area contributed by atoms with Gasteiger partial charge in [-0.1, -0.05) is 30.3 Å². The van der Waals surface area contributed by atoms with Crippen molar-refractivity contribution in [3.8, 4) is 0 Å². The molecular weight excluding hydrogens is 292 g/mol. The van der Waals surface area contributed by atoms with Gasteiger partial charge in [0.05, 0.1) is 5.60 Å². The van der Waals surface area contributed by atoms with Crippen LogP contribution in [0.2, 0.25) is 0 Å². The van der Waals surface area contributed by atoms with E-state index in [1.54, 1.807) is 4.90 Å². The molecule has 1 heterocycles. The van der Waals surface area contributed by atoms with Gasteiger partial charge >= 0.3 is 0 Å². The Bertz CT molecular complexity index is 513. The van der Waals surface area contributed by atoms with E-state index in [0.29, 0.717) is 6.54 Å². The standard InChI is InChI=1S/C18H28N2O3/c1-14-12-19(13-15-8-5-4-6-9-15)10-7-11-20(14)17(22)16(21)18(2,3)23/h4-6,8-9,14,16,21,23H,7,10-13H2,1-3H3. The van der Waals surface area contributed by atoms with E-state index in [-0.39, 0.29) is 11.9 Å². The zero-order valence-corrected chi connectivity index (χ0v) is 14.3. The van der Waals surface area contributed by atoms with E-state index >= 15 is 0 Å². The molecule has 1 aliphatic rings. The van der Waals surface area contributed by atoms with Crippen molar-refractivity contribution >= 4 is 5.91 Å². The van der Waals surface area contributed by atoms with Gasteiger partial charge < -0.3 is 15.1 Å². The zero-order chi connectivity index (χ0) is 17.0. The van der Waals surface area contributed by atoms with Crippen LogP contribution in [0.3, 0.4) is 0 Å². The molecule has 2 rings (SSSR count). The number of amides is 1. The van der Waals surface area contributed by atoms with E-state index in [2.05, 4.69) is 17.0 Å². The Hall–Kier alpha value is -1.43. The molecule has 2 N–H and O–H groups in total. The molecule has 128 valence electrons. The van der Waals surface area contributed by atoms with Crippen LogP contribution in [0.15, 0.2) is 30.3 Å². The molecule has 0 saturated carbocycles. The van der Waals surface area contributed by atoms with Crippen LogP contribution in [-0.4, -0.2) is 63.3 Å². The normalized spacial score (nSPS) is 21.8. The predicted octanol–water partition coefficient (Wildman–Crippen LogP) is 1.24. The van der Waals surface area contributed by atoms with Crippen LogP contribution < -0.4 is 0 Å². The number of carbonyl (C=O) groups excluding carboxylic acids is 1. The SMILES string of the molecule is CC1CN(Cc2ccccc2)CCCN1C(=O)C(O)C(C)(C)O. The molecule has 1 saturated heterocycles. The molecule has 5 heteroatoms. The van der Waals surface area contributed by atoms with Gasteiger partial charge in [0.15, 0.2) is 6.10 Å². The topological polar surface area (TPSA) is 64.0 Å². The fourth-order valence-corrected chi connectivity index (χ4v) is 3.02. The van der Waals surface area contributed by atoms with Gasteiger partial charge in [-0.3, -0.25) is 9.69 Å². The van der Waals surface area contributed by atoms with Crippen LogP contribution in [-0.2, 0) is 11.3 Å². The summed E-state index contributed by atoms with van der Waals surface area (Å²) < 4.78 is 0. The summed E-state index contributed by atoms with van der Waals surface area (Å²) in [5, 5.41) is 19.9. The lowest BCUT2D eigenvalue weighted by molar-refractivity contribution is -0.154. The highest BCUT2D eigenvalue weighted by molar-refractivity contribution is 5.82. The molecule has 2 unspecified atom stereocenters. The highest BCUT2D eigenvalue weighted by Gasteiger charge is 2.36. The van der Waals surface area contributed by atoms with Gasteiger partial charge in [0, 0.05) is 32.2 Å². The number of hydrogen-bond donors (Lipinski definition) is 2. The molecular formula is C18H28N2O3. The van der Waals surface area contributed by atoms with Gasteiger partial charge in [-0.05, 0) is 32.8 Å². The Morgan fingerprint density at radius 3 is 2.57 bits per heavy atom. The van der Waals surface area contributed by atoms with Crippen LogP contribution in [0.1, 0.15) is 32.8 Å². The molecule has 0 bridgehead atoms. The van der Waals surface area contributed by atoms with Crippen LogP contribution in [0.4, 0.5) is 0 Å². The Morgan fingerprint density at radius 2 is 1.96 bits per heavy atom. The van der Waals surface area contributed by atoms with Crippen LogP contribution in [0.25, 0.3) is 0 Å². The predicted molar refractivity (Wildman–Crippen MR) is 89.8 cm³/mol. The summed E-state index contributed by atoms with van der Waals surface area (Å²) in [4.78, 5) is 16.5. The van der Waals surface area contributed by atoms with E-state index in [0.717, 1.165) is 26.1 Å². The first-order valence-electron chi connectivity index (χ1n) is 8.26. The van der Waals surface area contributed by atoms with Crippen molar-refractivity contribution in [1.82, 2.24) is 9.80 Å². The summed E-state index contributed by atoms with van der Waals surface area (Å²) >= 11 is 0. The fourth-order valence-electron chi connectivity index (χ4n) is 3.02. The highest BCUT2D eigenvalue weighted by atomic mass is 16.3. The summed E-state index contributed by atoms with van der Waals surface area (Å²) in [6.45, 7) is 8.07. The average Bonchev–Trinajstić information content (AvgIpc) is 2.67. The molecule has 23 heavy (non-hydrogen) atoms. The maximum absolute atomic E-state index is 12.5. The third kappa shape index (κ3) is 4.77. The number of nitrogens with zero attached hydrogens (tertiary/aromatic N) is 2. The molecule has 0 radical (unpaired) electrons. The number of hydrogen-bond acceptors (Lipinski definition) is 4.